The van der Waals surface area contributed by atoms with Crippen LogP contribution in [-0.2, 0) is 14.9 Å². The number of carbonyl (C=O) groups excluding carboxylic acids is 1. The first kappa shape index (κ1) is 19.9. The molecule has 9 heteroatoms. The van der Waals surface area contributed by atoms with Crippen molar-refractivity contribution in [1.29, 1.82) is 0 Å². The van der Waals surface area contributed by atoms with E-state index in [1.807, 2.05) is 4.90 Å². The van der Waals surface area contributed by atoms with Crippen molar-refractivity contribution < 1.29 is 18.8 Å². The Morgan fingerprint density at radius 2 is 2.24 bits per heavy atom. The largest absolute Gasteiger partial charge is 0.385 e. The summed E-state index contributed by atoms with van der Waals surface area (Å²) in [5, 5.41) is 4.36. The lowest BCUT2D eigenvalue weighted by Gasteiger charge is -2.40. The molecule has 2 aliphatic heterocycles. The van der Waals surface area contributed by atoms with Gasteiger partial charge in [0.05, 0.1) is 5.41 Å². The van der Waals surface area contributed by atoms with Crippen LogP contribution in [0.5, 0.6) is 0 Å². The summed E-state index contributed by atoms with van der Waals surface area (Å²) in [6.45, 7) is 3.21. The van der Waals surface area contributed by atoms with Gasteiger partial charge in [0.1, 0.15) is 12.0 Å². The van der Waals surface area contributed by atoms with E-state index < -0.39 is 0 Å². The molecule has 2 aromatic rings. The van der Waals surface area contributed by atoms with E-state index in [1.165, 1.54) is 6.33 Å². The van der Waals surface area contributed by atoms with Crippen LogP contribution in [0.15, 0.2) is 23.1 Å². The maximum absolute atomic E-state index is 13.0. The molecule has 0 aliphatic carbocycles. The van der Waals surface area contributed by atoms with Gasteiger partial charge in [-0.15, -0.1) is 0 Å². The lowest BCUT2D eigenvalue weighted by molar-refractivity contribution is 0.0561. The molecule has 29 heavy (non-hydrogen) atoms. The standard InChI is InChI=1S/C20H27N5O4/c1-27-12-7-20(19-23-17(29-24-19)15-4-10-28-11-5-15)6-2-9-25(13-20)18(26)16-3-8-21-14-22-16/h3,8,14-15H,2,4-7,9-13H2,1H3. The van der Waals surface area contributed by atoms with Gasteiger partial charge in [0.25, 0.3) is 5.91 Å². The number of hydrogen-bond donors (Lipinski definition) is 0. The highest BCUT2D eigenvalue weighted by Crippen LogP contribution is 2.37. The molecule has 0 radical (unpaired) electrons. The molecule has 1 unspecified atom stereocenters. The zero-order valence-electron chi connectivity index (χ0n) is 16.7. The summed E-state index contributed by atoms with van der Waals surface area (Å²) in [5.74, 6) is 1.50. The highest BCUT2D eigenvalue weighted by molar-refractivity contribution is 5.92. The van der Waals surface area contributed by atoms with Gasteiger partial charge < -0.3 is 18.9 Å². The Balaban J connectivity index is 1.57. The molecule has 1 amide bonds. The van der Waals surface area contributed by atoms with Crippen LogP contribution in [-0.4, -0.2) is 70.9 Å². The summed E-state index contributed by atoms with van der Waals surface area (Å²) in [6.07, 6.45) is 7.24. The van der Waals surface area contributed by atoms with E-state index in [2.05, 4.69) is 15.1 Å². The SMILES string of the molecule is COCCC1(c2noc(C3CCOCC3)n2)CCCN(C(=O)c2ccncn2)C1. The second-order valence-corrected chi connectivity index (χ2v) is 7.79. The average molecular weight is 401 g/mol. The van der Waals surface area contributed by atoms with Crippen molar-refractivity contribution in [2.24, 2.45) is 0 Å². The van der Waals surface area contributed by atoms with Gasteiger partial charge in [-0.1, -0.05) is 5.16 Å². The minimum absolute atomic E-state index is 0.0953. The second-order valence-electron chi connectivity index (χ2n) is 7.79. The number of nitrogens with zero attached hydrogens (tertiary/aromatic N) is 5. The smallest absolute Gasteiger partial charge is 0.272 e. The number of amides is 1. The Labute approximate surface area is 169 Å². The first-order chi connectivity index (χ1) is 14.2. The second kappa shape index (κ2) is 8.96. The minimum atomic E-state index is -0.385. The Morgan fingerprint density at radius 1 is 1.38 bits per heavy atom. The number of aromatic nitrogens is 4. The number of hydrogen-bond acceptors (Lipinski definition) is 8. The van der Waals surface area contributed by atoms with Crippen LogP contribution < -0.4 is 0 Å². The molecule has 0 bridgehead atoms. The van der Waals surface area contributed by atoms with Crippen LogP contribution in [0.1, 0.15) is 60.2 Å². The van der Waals surface area contributed by atoms with Crippen LogP contribution in [0.4, 0.5) is 0 Å². The molecule has 1 atom stereocenters. The van der Waals surface area contributed by atoms with Gasteiger partial charge in [0, 0.05) is 52.1 Å². The molecule has 156 valence electrons. The predicted octanol–water partition coefficient (Wildman–Crippen LogP) is 1.96. The van der Waals surface area contributed by atoms with E-state index in [9.17, 15) is 4.79 Å². The van der Waals surface area contributed by atoms with Crippen LogP contribution in [0, 0.1) is 0 Å². The third-order valence-electron chi connectivity index (χ3n) is 5.94. The average Bonchev–Trinajstić information content (AvgIpc) is 3.30. The van der Waals surface area contributed by atoms with Gasteiger partial charge in [0.15, 0.2) is 5.82 Å². The molecule has 0 N–H and O–H groups in total. The minimum Gasteiger partial charge on any atom is -0.385 e. The van der Waals surface area contributed by atoms with E-state index in [0.717, 1.165) is 45.3 Å². The lowest BCUT2D eigenvalue weighted by atomic mass is 9.76. The number of carbonyl (C=O) groups is 1. The summed E-state index contributed by atoms with van der Waals surface area (Å²) in [4.78, 5) is 27.6. The van der Waals surface area contributed by atoms with E-state index >= 15 is 0 Å². The van der Waals surface area contributed by atoms with E-state index in [4.69, 9.17) is 19.0 Å². The highest BCUT2D eigenvalue weighted by Gasteiger charge is 2.43. The normalized spacial score (nSPS) is 23.3. The number of rotatable bonds is 6. The molecule has 2 aliphatic rings. The fourth-order valence-electron chi connectivity index (χ4n) is 4.24. The summed E-state index contributed by atoms with van der Waals surface area (Å²) >= 11 is 0. The van der Waals surface area contributed by atoms with Gasteiger partial charge in [-0.25, -0.2) is 9.97 Å². The molecule has 9 nitrogen and oxygen atoms in total. The highest BCUT2D eigenvalue weighted by atomic mass is 16.5. The third-order valence-corrected chi connectivity index (χ3v) is 5.94. The predicted molar refractivity (Wildman–Crippen MR) is 102 cm³/mol. The van der Waals surface area contributed by atoms with Crippen LogP contribution in [0.25, 0.3) is 0 Å². The third kappa shape index (κ3) is 4.30. The molecule has 0 spiro atoms. The summed E-state index contributed by atoms with van der Waals surface area (Å²) in [5.41, 5.74) is 0.0164. The summed E-state index contributed by atoms with van der Waals surface area (Å²) < 4.78 is 16.5. The molecule has 2 saturated heterocycles. The maximum atomic E-state index is 13.0. The van der Waals surface area contributed by atoms with Crippen molar-refractivity contribution in [3.63, 3.8) is 0 Å². The van der Waals surface area contributed by atoms with Crippen molar-refractivity contribution in [3.8, 4) is 0 Å². The molecule has 2 aromatic heterocycles. The summed E-state index contributed by atoms with van der Waals surface area (Å²) in [7, 11) is 1.68. The lowest BCUT2D eigenvalue weighted by Crippen LogP contribution is -2.49. The molecule has 0 aromatic carbocycles. The van der Waals surface area contributed by atoms with Gasteiger partial charge >= 0.3 is 0 Å². The molecular formula is C20H27N5O4. The summed E-state index contributed by atoms with van der Waals surface area (Å²) in [6, 6.07) is 1.64. The van der Waals surface area contributed by atoms with Crippen molar-refractivity contribution in [1.82, 2.24) is 25.0 Å². The fourth-order valence-corrected chi connectivity index (χ4v) is 4.24. The van der Waals surface area contributed by atoms with Crippen molar-refractivity contribution in [3.05, 3.63) is 36.0 Å². The molecule has 2 fully saturated rings. The Bertz CT molecular complexity index is 808. The van der Waals surface area contributed by atoms with Crippen LogP contribution in [0.3, 0.4) is 0 Å². The van der Waals surface area contributed by atoms with Crippen molar-refractivity contribution in [2.75, 3.05) is 40.0 Å². The monoisotopic (exact) mass is 401 g/mol. The maximum Gasteiger partial charge on any atom is 0.272 e. The van der Waals surface area contributed by atoms with E-state index in [0.29, 0.717) is 37.1 Å². The Hall–Kier alpha value is -2.39. The first-order valence-electron chi connectivity index (χ1n) is 10.2. The van der Waals surface area contributed by atoms with E-state index in [1.54, 1.807) is 19.4 Å². The first-order valence-corrected chi connectivity index (χ1v) is 10.2. The molecule has 0 saturated carbocycles. The van der Waals surface area contributed by atoms with Crippen molar-refractivity contribution >= 4 is 5.91 Å². The van der Waals surface area contributed by atoms with Gasteiger partial charge in [-0.05, 0) is 38.2 Å². The molecule has 4 rings (SSSR count). The number of likely N-dealkylation sites (tertiary alicyclic amines) is 1. The van der Waals surface area contributed by atoms with E-state index in [-0.39, 0.29) is 17.2 Å². The van der Waals surface area contributed by atoms with Gasteiger partial charge in [0.2, 0.25) is 5.89 Å². The number of ether oxygens (including phenoxy) is 2. The zero-order valence-corrected chi connectivity index (χ0v) is 16.7. The van der Waals surface area contributed by atoms with Gasteiger partial charge in [-0.3, -0.25) is 4.79 Å². The van der Waals surface area contributed by atoms with Crippen molar-refractivity contribution in [2.45, 2.75) is 43.4 Å². The topological polar surface area (TPSA) is 103 Å². The number of methoxy groups -OCH3 is 1. The number of piperidine rings is 1. The zero-order chi connectivity index (χ0) is 20.1. The molecular weight excluding hydrogens is 374 g/mol. The Kier molecular flexibility index (Phi) is 6.15. The van der Waals surface area contributed by atoms with Crippen LogP contribution >= 0.6 is 0 Å². The van der Waals surface area contributed by atoms with Gasteiger partial charge in [-0.2, -0.15) is 4.98 Å². The quantitative estimate of drug-likeness (QED) is 0.724. The van der Waals surface area contributed by atoms with Crippen LogP contribution in [0.2, 0.25) is 0 Å². The Morgan fingerprint density at radius 3 is 3.00 bits per heavy atom. The molecule has 4 heterocycles. The fraction of sp³-hybridized carbons (Fsp3) is 0.650.